The van der Waals surface area contributed by atoms with Crippen molar-refractivity contribution in [2.45, 2.75) is 12.8 Å². The van der Waals surface area contributed by atoms with E-state index in [4.69, 9.17) is 0 Å². The molecule has 2 heterocycles. The van der Waals surface area contributed by atoms with E-state index in [9.17, 15) is 4.79 Å². The summed E-state index contributed by atoms with van der Waals surface area (Å²) in [6, 6.07) is 5.82. The number of anilines is 1. The van der Waals surface area contributed by atoms with E-state index in [1.807, 2.05) is 29.8 Å². The van der Waals surface area contributed by atoms with Crippen molar-refractivity contribution in [3.8, 4) is 0 Å². The summed E-state index contributed by atoms with van der Waals surface area (Å²) in [4.78, 5) is 12.1. The van der Waals surface area contributed by atoms with Crippen LogP contribution in [0.5, 0.6) is 0 Å². The largest absolute Gasteiger partial charge is 0.384 e. The summed E-state index contributed by atoms with van der Waals surface area (Å²) in [5.74, 6) is 0.810. The van der Waals surface area contributed by atoms with Gasteiger partial charge < -0.3 is 15.2 Å². The van der Waals surface area contributed by atoms with E-state index in [1.165, 1.54) is 5.56 Å². The quantitative estimate of drug-likeness (QED) is 0.861. The molecule has 6 nitrogen and oxygen atoms in total. The third kappa shape index (κ3) is 2.49. The molecule has 0 spiro atoms. The minimum Gasteiger partial charge on any atom is -0.384 e. The highest BCUT2D eigenvalue weighted by Gasteiger charge is 2.13. The Morgan fingerprint density at radius 2 is 2.40 bits per heavy atom. The van der Waals surface area contributed by atoms with Gasteiger partial charge in [-0.05, 0) is 24.1 Å². The molecule has 0 saturated carbocycles. The minimum atomic E-state index is -0.0522. The Bertz CT molecular complexity index is 634. The molecule has 6 heteroatoms. The maximum Gasteiger partial charge on any atom is 0.251 e. The summed E-state index contributed by atoms with van der Waals surface area (Å²) in [5, 5.41) is 14.0. The summed E-state index contributed by atoms with van der Waals surface area (Å²) < 4.78 is 1.85. The van der Waals surface area contributed by atoms with Gasteiger partial charge in [-0.3, -0.25) is 4.79 Å². The average Bonchev–Trinajstić information content (AvgIpc) is 3.07. The van der Waals surface area contributed by atoms with Gasteiger partial charge in [-0.15, -0.1) is 10.2 Å². The predicted octanol–water partition coefficient (Wildman–Crippen LogP) is 0.756. The molecule has 0 bridgehead atoms. The monoisotopic (exact) mass is 271 g/mol. The number of carbonyl (C=O) groups is 1. The van der Waals surface area contributed by atoms with Gasteiger partial charge in [-0.2, -0.15) is 0 Å². The van der Waals surface area contributed by atoms with E-state index in [1.54, 1.807) is 6.33 Å². The fourth-order valence-corrected chi connectivity index (χ4v) is 2.36. The summed E-state index contributed by atoms with van der Waals surface area (Å²) >= 11 is 0. The maximum atomic E-state index is 12.1. The molecule has 2 aromatic rings. The highest BCUT2D eigenvalue weighted by molar-refractivity contribution is 5.95. The number of hydrogen-bond donors (Lipinski definition) is 2. The molecule has 0 aliphatic carbocycles. The van der Waals surface area contributed by atoms with Crippen molar-refractivity contribution in [2.75, 3.05) is 18.4 Å². The topological polar surface area (TPSA) is 71.8 Å². The first kappa shape index (κ1) is 12.7. The second kappa shape index (κ2) is 5.32. The second-order valence-electron chi connectivity index (χ2n) is 4.91. The van der Waals surface area contributed by atoms with Gasteiger partial charge in [-0.1, -0.05) is 6.07 Å². The van der Waals surface area contributed by atoms with Gasteiger partial charge in [0.15, 0.2) is 0 Å². The normalized spacial score (nSPS) is 12.8. The van der Waals surface area contributed by atoms with Gasteiger partial charge in [0.2, 0.25) is 0 Å². The Morgan fingerprint density at radius 1 is 1.50 bits per heavy atom. The number of rotatable bonds is 4. The predicted molar refractivity (Wildman–Crippen MR) is 75.7 cm³/mol. The third-order valence-electron chi connectivity index (χ3n) is 3.52. The van der Waals surface area contributed by atoms with Crippen LogP contribution in [0.1, 0.15) is 21.7 Å². The van der Waals surface area contributed by atoms with Crippen molar-refractivity contribution >= 4 is 11.6 Å². The minimum absolute atomic E-state index is 0.0522. The van der Waals surface area contributed by atoms with Gasteiger partial charge in [0.1, 0.15) is 12.2 Å². The maximum absolute atomic E-state index is 12.1. The van der Waals surface area contributed by atoms with Crippen LogP contribution < -0.4 is 10.6 Å². The van der Waals surface area contributed by atoms with Crippen molar-refractivity contribution in [1.82, 2.24) is 20.1 Å². The number of aromatic nitrogens is 3. The van der Waals surface area contributed by atoms with Gasteiger partial charge >= 0.3 is 0 Å². The van der Waals surface area contributed by atoms with Gasteiger partial charge in [0.05, 0.1) is 0 Å². The zero-order valence-corrected chi connectivity index (χ0v) is 11.4. The second-order valence-corrected chi connectivity index (χ2v) is 4.91. The van der Waals surface area contributed by atoms with Crippen LogP contribution in [0.2, 0.25) is 0 Å². The molecule has 1 amide bonds. The summed E-state index contributed by atoms with van der Waals surface area (Å²) in [6.45, 7) is 1.50. The molecule has 0 atom stereocenters. The molecule has 0 saturated heterocycles. The van der Waals surface area contributed by atoms with E-state index < -0.39 is 0 Å². The number of fused-ring (bicyclic) bond motifs is 1. The first-order valence-corrected chi connectivity index (χ1v) is 6.72. The molecule has 2 N–H and O–H groups in total. The lowest BCUT2D eigenvalue weighted by Gasteiger charge is -2.07. The molecule has 1 aliphatic rings. The van der Waals surface area contributed by atoms with Gasteiger partial charge in [-0.25, -0.2) is 0 Å². The average molecular weight is 271 g/mol. The summed E-state index contributed by atoms with van der Waals surface area (Å²) in [5.41, 5.74) is 3.04. The fourth-order valence-electron chi connectivity index (χ4n) is 2.36. The van der Waals surface area contributed by atoms with Crippen LogP contribution in [-0.4, -0.2) is 33.8 Å². The van der Waals surface area contributed by atoms with E-state index in [0.29, 0.717) is 18.5 Å². The number of nitrogens with one attached hydrogen (secondary N) is 2. The van der Waals surface area contributed by atoms with E-state index in [2.05, 4.69) is 20.8 Å². The standard InChI is InChI=1S/C14H17N5O/c1-19-9-17-18-13(19)5-7-16-14(20)11-3-2-10-4-6-15-12(10)8-11/h2-3,8-9,15H,4-7H2,1H3,(H,16,20). The fraction of sp³-hybridized carbons (Fsp3) is 0.357. The highest BCUT2D eigenvalue weighted by atomic mass is 16.1. The zero-order chi connectivity index (χ0) is 13.9. The summed E-state index contributed by atoms with van der Waals surface area (Å²) in [7, 11) is 1.89. The number of aryl methyl sites for hydroxylation is 1. The van der Waals surface area contributed by atoms with Crippen molar-refractivity contribution in [3.63, 3.8) is 0 Å². The Balaban J connectivity index is 1.58. The number of hydrogen-bond acceptors (Lipinski definition) is 4. The molecule has 3 rings (SSSR count). The van der Waals surface area contributed by atoms with Crippen LogP contribution in [0.25, 0.3) is 0 Å². The lowest BCUT2D eigenvalue weighted by molar-refractivity contribution is 0.0954. The first-order chi connectivity index (χ1) is 9.74. The molecule has 1 aliphatic heterocycles. The highest BCUT2D eigenvalue weighted by Crippen LogP contribution is 2.23. The first-order valence-electron chi connectivity index (χ1n) is 6.72. The molecular formula is C14H17N5O. The number of carbonyl (C=O) groups excluding carboxylic acids is 1. The molecule has 1 aromatic heterocycles. The van der Waals surface area contributed by atoms with Crippen molar-refractivity contribution in [1.29, 1.82) is 0 Å². The van der Waals surface area contributed by atoms with Crippen LogP contribution >= 0.6 is 0 Å². The molecule has 0 unspecified atom stereocenters. The van der Waals surface area contributed by atoms with Crippen molar-refractivity contribution in [3.05, 3.63) is 41.5 Å². The lowest BCUT2D eigenvalue weighted by Crippen LogP contribution is -2.26. The Hall–Kier alpha value is -2.37. The Morgan fingerprint density at radius 3 is 3.20 bits per heavy atom. The zero-order valence-electron chi connectivity index (χ0n) is 11.4. The van der Waals surface area contributed by atoms with Crippen LogP contribution in [0.15, 0.2) is 24.5 Å². The Labute approximate surface area is 117 Å². The van der Waals surface area contributed by atoms with Crippen molar-refractivity contribution in [2.24, 2.45) is 7.05 Å². The molecule has 0 fully saturated rings. The number of benzene rings is 1. The van der Waals surface area contributed by atoms with Crippen molar-refractivity contribution < 1.29 is 4.79 Å². The Kier molecular flexibility index (Phi) is 3.37. The number of amides is 1. The molecule has 20 heavy (non-hydrogen) atoms. The lowest BCUT2D eigenvalue weighted by atomic mass is 10.1. The summed E-state index contributed by atoms with van der Waals surface area (Å²) in [6.07, 6.45) is 3.36. The van der Waals surface area contributed by atoms with E-state index in [0.717, 1.165) is 24.5 Å². The molecule has 104 valence electrons. The SMILES string of the molecule is Cn1cnnc1CCNC(=O)c1ccc2c(c1)NCC2. The molecule has 0 radical (unpaired) electrons. The van der Waals surface area contributed by atoms with Crippen LogP contribution in [0.3, 0.4) is 0 Å². The van der Waals surface area contributed by atoms with Crippen LogP contribution in [0.4, 0.5) is 5.69 Å². The number of nitrogens with zero attached hydrogens (tertiary/aromatic N) is 3. The van der Waals surface area contributed by atoms with Crippen LogP contribution in [-0.2, 0) is 19.9 Å². The van der Waals surface area contributed by atoms with E-state index >= 15 is 0 Å². The smallest absolute Gasteiger partial charge is 0.251 e. The molecule has 1 aromatic carbocycles. The van der Waals surface area contributed by atoms with Crippen LogP contribution in [0, 0.1) is 0 Å². The third-order valence-corrected chi connectivity index (χ3v) is 3.52. The van der Waals surface area contributed by atoms with E-state index in [-0.39, 0.29) is 5.91 Å². The van der Waals surface area contributed by atoms with Gasteiger partial charge in [0.25, 0.3) is 5.91 Å². The van der Waals surface area contributed by atoms with Gasteiger partial charge in [0, 0.05) is 37.8 Å². The molecular weight excluding hydrogens is 254 g/mol.